The van der Waals surface area contributed by atoms with Gasteiger partial charge in [0.1, 0.15) is 21.5 Å². The predicted molar refractivity (Wildman–Crippen MR) is 112 cm³/mol. The number of anilines is 2. The Morgan fingerprint density at radius 3 is 2.96 bits per heavy atom. The fraction of sp³-hybridized carbons (Fsp3) is 0.250. The summed E-state index contributed by atoms with van der Waals surface area (Å²) in [6, 6.07) is 11.4. The monoisotopic (exact) mass is 410 g/mol. The summed E-state index contributed by atoms with van der Waals surface area (Å²) in [7, 11) is 0. The Morgan fingerprint density at radius 2 is 2.25 bits per heavy atom. The number of nitriles is 1. The normalized spacial score (nSPS) is 16.0. The third kappa shape index (κ3) is 3.64. The van der Waals surface area contributed by atoms with Crippen LogP contribution in [0.2, 0.25) is 0 Å². The maximum atomic E-state index is 13.0. The van der Waals surface area contributed by atoms with Crippen LogP contribution < -0.4 is 11.1 Å². The van der Waals surface area contributed by atoms with Crippen LogP contribution in [0.5, 0.6) is 0 Å². The molecule has 28 heavy (non-hydrogen) atoms. The first-order valence-electron chi connectivity index (χ1n) is 8.91. The van der Waals surface area contributed by atoms with Gasteiger partial charge in [0.15, 0.2) is 0 Å². The van der Waals surface area contributed by atoms with Gasteiger partial charge in [-0.05, 0) is 37.1 Å². The lowest BCUT2D eigenvalue weighted by Crippen LogP contribution is -2.18. The second-order valence-electron chi connectivity index (χ2n) is 6.38. The highest BCUT2D eigenvalue weighted by molar-refractivity contribution is 7.21. The number of nitrogens with zero attached hydrogens (tertiary/aromatic N) is 2. The second kappa shape index (κ2) is 8.10. The van der Waals surface area contributed by atoms with Gasteiger partial charge in [-0.25, -0.2) is 0 Å². The molecule has 1 aliphatic heterocycles. The van der Waals surface area contributed by atoms with Crippen LogP contribution in [0.25, 0.3) is 10.6 Å². The van der Waals surface area contributed by atoms with Gasteiger partial charge in [-0.15, -0.1) is 22.7 Å². The molecule has 1 saturated heterocycles. The third-order valence-corrected chi connectivity index (χ3v) is 6.79. The summed E-state index contributed by atoms with van der Waals surface area (Å²) < 4.78 is 5.60. The van der Waals surface area contributed by atoms with Crippen LogP contribution in [0.4, 0.5) is 10.7 Å². The number of pyridine rings is 1. The Morgan fingerprint density at radius 1 is 1.36 bits per heavy atom. The van der Waals surface area contributed by atoms with E-state index in [0.29, 0.717) is 26.9 Å². The van der Waals surface area contributed by atoms with E-state index >= 15 is 0 Å². The minimum atomic E-state index is -0.170. The average molecular weight is 411 g/mol. The van der Waals surface area contributed by atoms with E-state index in [1.54, 1.807) is 12.3 Å². The SMILES string of the molecule is N#Cc1c(NCC2CCCO2)sc(C(=O)c2ccc(-c3ccccn3)s2)c1N. The fourth-order valence-electron chi connectivity index (χ4n) is 3.08. The number of nitrogens with two attached hydrogens (primary N) is 1. The van der Waals surface area contributed by atoms with Gasteiger partial charge < -0.3 is 15.8 Å². The van der Waals surface area contributed by atoms with E-state index < -0.39 is 0 Å². The lowest BCUT2D eigenvalue weighted by atomic mass is 10.2. The summed E-state index contributed by atoms with van der Waals surface area (Å²) in [4.78, 5) is 19.2. The van der Waals surface area contributed by atoms with E-state index in [-0.39, 0.29) is 17.6 Å². The lowest BCUT2D eigenvalue weighted by molar-refractivity contribution is 0.104. The highest BCUT2D eigenvalue weighted by Gasteiger charge is 2.24. The number of thiophene rings is 2. The van der Waals surface area contributed by atoms with Gasteiger partial charge in [0.25, 0.3) is 0 Å². The van der Waals surface area contributed by atoms with Crippen LogP contribution in [-0.2, 0) is 4.74 Å². The van der Waals surface area contributed by atoms with Gasteiger partial charge in [-0.1, -0.05) is 6.07 Å². The zero-order chi connectivity index (χ0) is 19.5. The standard InChI is InChI=1S/C20H18N4O2S2/c21-10-13-17(22)19(28-20(13)24-11-12-4-3-9-26-12)18(25)16-7-6-15(27-16)14-5-1-2-8-23-14/h1-2,5-8,12,24H,3-4,9,11,22H2. The summed E-state index contributed by atoms with van der Waals surface area (Å²) in [5, 5.41) is 13.4. The number of rotatable bonds is 6. The van der Waals surface area contributed by atoms with E-state index in [4.69, 9.17) is 10.5 Å². The van der Waals surface area contributed by atoms with Crippen molar-refractivity contribution in [1.29, 1.82) is 5.26 Å². The van der Waals surface area contributed by atoms with E-state index in [0.717, 1.165) is 30.0 Å². The Bertz CT molecular complexity index is 1030. The number of ketones is 1. The molecule has 1 fully saturated rings. The molecule has 0 spiro atoms. The van der Waals surface area contributed by atoms with E-state index in [2.05, 4.69) is 16.4 Å². The summed E-state index contributed by atoms with van der Waals surface area (Å²) >= 11 is 2.60. The van der Waals surface area contributed by atoms with Gasteiger partial charge >= 0.3 is 0 Å². The largest absolute Gasteiger partial charge is 0.396 e. The third-order valence-electron chi connectivity index (χ3n) is 4.52. The molecule has 4 heterocycles. The number of ether oxygens (including phenoxy) is 1. The Labute approximate surface area is 170 Å². The number of nitrogen functional groups attached to an aromatic ring is 1. The van der Waals surface area contributed by atoms with Crippen LogP contribution >= 0.6 is 22.7 Å². The number of carbonyl (C=O) groups excluding carboxylic acids is 1. The van der Waals surface area contributed by atoms with E-state index in [1.807, 2.05) is 24.3 Å². The topological polar surface area (TPSA) is 101 Å². The Balaban J connectivity index is 1.57. The van der Waals surface area contributed by atoms with Crippen LogP contribution in [0.3, 0.4) is 0 Å². The molecule has 0 saturated carbocycles. The van der Waals surface area contributed by atoms with Gasteiger partial charge in [-0.2, -0.15) is 5.26 Å². The first-order chi connectivity index (χ1) is 13.7. The highest BCUT2D eigenvalue weighted by atomic mass is 32.1. The Hall–Kier alpha value is -2.73. The smallest absolute Gasteiger partial charge is 0.215 e. The summed E-state index contributed by atoms with van der Waals surface area (Å²) in [5.74, 6) is -0.170. The van der Waals surface area contributed by atoms with Crippen LogP contribution in [0.15, 0.2) is 36.5 Å². The molecule has 142 valence electrons. The molecule has 0 amide bonds. The van der Waals surface area contributed by atoms with E-state index in [9.17, 15) is 10.1 Å². The zero-order valence-electron chi connectivity index (χ0n) is 15.0. The average Bonchev–Trinajstić information content (AvgIpc) is 3.47. The molecule has 3 aromatic heterocycles. The van der Waals surface area contributed by atoms with Gasteiger partial charge in [-0.3, -0.25) is 9.78 Å². The zero-order valence-corrected chi connectivity index (χ0v) is 16.6. The minimum Gasteiger partial charge on any atom is -0.396 e. The molecular formula is C20H18N4O2S2. The fourth-order valence-corrected chi connectivity index (χ4v) is 5.10. The van der Waals surface area contributed by atoms with E-state index in [1.165, 1.54) is 22.7 Å². The molecule has 1 aliphatic rings. The molecule has 0 bridgehead atoms. The maximum absolute atomic E-state index is 13.0. The van der Waals surface area contributed by atoms with Crippen LogP contribution in [0.1, 0.15) is 33.0 Å². The first-order valence-corrected chi connectivity index (χ1v) is 10.5. The number of hydrogen-bond acceptors (Lipinski definition) is 8. The van der Waals surface area contributed by atoms with Crippen molar-refractivity contribution in [2.45, 2.75) is 18.9 Å². The molecule has 0 radical (unpaired) electrons. The summed E-state index contributed by atoms with van der Waals surface area (Å²) in [6.07, 6.45) is 3.89. The number of carbonyl (C=O) groups is 1. The van der Waals surface area contributed by atoms with Crippen molar-refractivity contribution in [3.05, 3.63) is 51.8 Å². The molecule has 3 aromatic rings. The predicted octanol–water partition coefficient (Wildman–Crippen LogP) is 4.15. The van der Waals surface area contributed by atoms with Gasteiger partial charge in [0.05, 0.1) is 27.2 Å². The lowest BCUT2D eigenvalue weighted by Gasteiger charge is -2.10. The van der Waals surface area contributed by atoms with Crippen molar-refractivity contribution in [1.82, 2.24) is 4.98 Å². The summed E-state index contributed by atoms with van der Waals surface area (Å²) in [5.41, 5.74) is 7.53. The van der Waals surface area contributed by atoms with Crippen molar-refractivity contribution >= 4 is 39.1 Å². The van der Waals surface area contributed by atoms with Gasteiger partial charge in [0.2, 0.25) is 5.78 Å². The molecule has 6 nitrogen and oxygen atoms in total. The highest BCUT2D eigenvalue weighted by Crippen LogP contribution is 2.38. The number of hydrogen-bond donors (Lipinski definition) is 2. The molecule has 4 rings (SSSR count). The van der Waals surface area contributed by atoms with Gasteiger partial charge in [0, 0.05) is 19.3 Å². The number of aromatic nitrogens is 1. The quantitative estimate of drug-likeness (QED) is 0.592. The first kappa shape index (κ1) is 18.6. The molecular weight excluding hydrogens is 392 g/mol. The van der Waals surface area contributed by atoms with Crippen molar-refractivity contribution < 1.29 is 9.53 Å². The van der Waals surface area contributed by atoms with Crippen molar-refractivity contribution in [3.8, 4) is 16.6 Å². The maximum Gasteiger partial charge on any atom is 0.215 e. The molecule has 0 aromatic carbocycles. The Kier molecular flexibility index (Phi) is 5.39. The second-order valence-corrected chi connectivity index (χ2v) is 8.49. The van der Waals surface area contributed by atoms with Crippen LogP contribution in [0, 0.1) is 11.3 Å². The van der Waals surface area contributed by atoms with Crippen LogP contribution in [-0.4, -0.2) is 30.0 Å². The minimum absolute atomic E-state index is 0.132. The van der Waals surface area contributed by atoms with Crippen molar-refractivity contribution in [2.24, 2.45) is 0 Å². The molecule has 1 atom stereocenters. The summed E-state index contributed by atoms with van der Waals surface area (Å²) in [6.45, 7) is 1.37. The molecule has 0 aliphatic carbocycles. The number of nitrogens with one attached hydrogen (secondary N) is 1. The molecule has 3 N–H and O–H groups in total. The van der Waals surface area contributed by atoms with Crippen molar-refractivity contribution in [2.75, 3.05) is 24.2 Å². The molecule has 1 unspecified atom stereocenters. The van der Waals surface area contributed by atoms with Crippen molar-refractivity contribution in [3.63, 3.8) is 0 Å². The molecule has 8 heteroatoms.